The van der Waals surface area contributed by atoms with E-state index in [2.05, 4.69) is 10.3 Å². The van der Waals surface area contributed by atoms with Crippen LogP contribution in [0.2, 0.25) is 0 Å². The molecule has 0 fully saturated rings. The summed E-state index contributed by atoms with van der Waals surface area (Å²) in [5.41, 5.74) is 1.21. The van der Waals surface area contributed by atoms with Gasteiger partial charge in [0.25, 0.3) is 0 Å². The minimum atomic E-state index is -0.610. The summed E-state index contributed by atoms with van der Waals surface area (Å²) in [5, 5.41) is 2.71. The topological polar surface area (TPSA) is 86.8 Å². The van der Waals surface area contributed by atoms with E-state index in [4.69, 9.17) is 14.2 Å². The number of carbonyl (C=O) groups is 2. The fraction of sp³-hybridized carbons (Fsp3) is 0.588. The summed E-state index contributed by atoms with van der Waals surface area (Å²) >= 11 is 0. The molecule has 0 radical (unpaired) electrons. The summed E-state index contributed by atoms with van der Waals surface area (Å²) in [6.07, 6.45) is -0.0780. The third kappa shape index (κ3) is 6.44. The Kier molecular flexibility index (Phi) is 7.00. The van der Waals surface area contributed by atoms with Crippen molar-refractivity contribution in [1.82, 2.24) is 4.98 Å². The largest absolute Gasteiger partial charge is 0.481 e. The highest BCUT2D eigenvalue weighted by Gasteiger charge is 2.20. The molecule has 0 bridgehead atoms. The maximum absolute atomic E-state index is 12.0. The molecule has 1 heterocycles. The number of pyridine rings is 1. The van der Waals surface area contributed by atoms with Gasteiger partial charge in [-0.2, -0.15) is 0 Å². The number of anilines is 1. The molecule has 0 atom stereocenters. The van der Waals surface area contributed by atoms with Gasteiger partial charge in [0.1, 0.15) is 5.60 Å². The Morgan fingerprint density at radius 1 is 1.29 bits per heavy atom. The van der Waals surface area contributed by atoms with Gasteiger partial charge in [0.05, 0.1) is 19.4 Å². The van der Waals surface area contributed by atoms with E-state index >= 15 is 0 Å². The van der Waals surface area contributed by atoms with Crippen molar-refractivity contribution in [3.05, 3.63) is 17.3 Å². The van der Waals surface area contributed by atoms with Crippen molar-refractivity contribution >= 4 is 17.7 Å². The minimum Gasteiger partial charge on any atom is -0.481 e. The predicted octanol–water partition coefficient (Wildman–Crippen LogP) is 3.24. The second kappa shape index (κ2) is 8.52. The van der Waals surface area contributed by atoms with Gasteiger partial charge in [-0.05, 0) is 47.1 Å². The fourth-order valence-electron chi connectivity index (χ4n) is 2.07. The highest BCUT2D eigenvalue weighted by molar-refractivity contribution is 5.86. The summed E-state index contributed by atoms with van der Waals surface area (Å²) in [6, 6.07) is 1.72. The van der Waals surface area contributed by atoms with E-state index < -0.39 is 11.7 Å². The van der Waals surface area contributed by atoms with Gasteiger partial charge >= 0.3 is 12.1 Å². The quantitative estimate of drug-likeness (QED) is 0.801. The molecule has 0 spiro atoms. The third-order valence-electron chi connectivity index (χ3n) is 2.93. The van der Waals surface area contributed by atoms with E-state index in [1.54, 1.807) is 40.7 Å². The Bertz CT molecular complexity index is 593. The van der Waals surface area contributed by atoms with E-state index in [0.717, 1.165) is 0 Å². The second-order valence-electron chi connectivity index (χ2n) is 6.23. The molecule has 0 saturated heterocycles. The Labute approximate surface area is 142 Å². The van der Waals surface area contributed by atoms with Crippen LogP contribution < -0.4 is 10.1 Å². The molecule has 1 rings (SSSR count). The number of methoxy groups -OCH3 is 1. The molecular formula is C17H26N2O5. The molecule has 0 unspecified atom stereocenters. The maximum atomic E-state index is 12.0. The Hall–Kier alpha value is -2.31. The number of amides is 1. The standard InChI is InChI=1S/C17H26N2O5/c1-7-23-14(20)9-8-12-13(10-11(2)18-15(12)22-6)19-16(21)24-17(3,4)5/h10H,7-9H2,1-6H3,(H,18,19,21). The third-order valence-corrected chi connectivity index (χ3v) is 2.93. The number of aryl methyl sites for hydroxylation is 1. The van der Waals surface area contributed by atoms with Gasteiger partial charge in [0.2, 0.25) is 5.88 Å². The lowest BCUT2D eigenvalue weighted by molar-refractivity contribution is -0.143. The lowest BCUT2D eigenvalue weighted by atomic mass is 10.1. The fourth-order valence-corrected chi connectivity index (χ4v) is 2.07. The second-order valence-corrected chi connectivity index (χ2v) is 6.23. The van der Waals surface area contributed by atoms with Crippen LogP contribution in [-0.4, -0.2) is 36.4 Å². The van der Waals surface area contributed by atoms with Crippen molar-refractivity contribution in [1.29, 1.82) is 0 Å². The van der Waals surface area contributed by atoms with Crippen molar-refractivity contribution in [2.75, 3.05) is 19.0 Å². The Morgan fingerprint density at radius 2 is 1.96 bits per heavy atom. The molecule has 7 heteroatoms. The van der Waals surface area contributed by atoms with Crippen LogP contribution in [0.15, 0.2) is 6.07 Å². The summed E-state index contributed by atoms with van der Waals surface area (Å²) < 4.78 is 15.5. The number of esters is 1. The molecule has 7 nitrogen and oxygen atoms in total. The molecule has 24 heavy (non-hydrogen) atoms. The summed E-state index contributed by atoms with van der Waals surface area (Å²) in [6.45, 7) is 9.22. The van der Waals surface area contributed by atoms with Gasteiger partial charge in [0.15, 0.2) is 0 Å². The zero-order valence-corrected chi connectivity index (χ0v) is 15.2. The molecule has 0 aliphatic carbocycles. The van der Waals surface area contributed by atoms with Gasteiger partial charge < -0.3 is 14.2 Å². The highest BCUT2D eigenvalue weighted by Crippen LogP contribution is 2.28. The molecule has 1 amide bonds. The first-order valence-electron chi connectivity index (χ1n) is 7.86. The van der Waals surface area contributed by atoms with Crippen LogP contribution in [-0.2, 0) is 20.7 Å². The van der Waals surface area contributed by atoms with Crippen molar-refractivity contribution in [3.63, 3.8) is 0 Å². The van der Waals surface area contributed by atoms with Crippen LogP contribution in [0.25, 0.3) is 0 Å². The highest BCUT2D eigenvalue weighted by atomic mass is 16.6. The zero-order valence-electron chi connectivity index (χ0n) is 15.2. The number of aromatic nitrogens is 1. The number of nitrogens with one attached hydrogen (secondary N) is 1. The van der Waals surface area contributed by atoms with Crippen LogP contribution in [0.4, 0.5) is 10.5 Å². The average molecular weight is 338 g/mol. The Balaban J connectivity index is 3.02. The number of hydrogen-bond donors (Lipinski definition) is 1. The minimum absolute atomic E-state index is 0.165. The van der Waals surface area contributed by atoms with Crippen LogP contribution in [0.5, 0.6) is 5.88 Å². The van der Waals surface area contributed by atoms with E-state index in [9.17, 15) is 9.59 Å². The first-order chi connectivity index (χ1) is 11.2. The first kappa shape index (κ1) is 19.7. The van der Waals surface area contributed by atoms with E-state index in [1.165, 1.54) is 7.11 Å². The Morgan fingerprint density at radius 3 is 2.50 bits per heavy atom. The number of hydrogen-bond acceptors (Lipinski definition) is 6. The smallest absolute Gasteiger partial charge is 0.412 e. The SMILES string of the molecule is CCOC(=O)CCc1c(NC(=O)OC(C)(C)C)cc(C)nc1OC. The zero-order chi connectivity index (χ0) is 18.3. The van der Waals surface area contributed by atoms with Crippen LogP contribution in [0.1, 0.15) is 45.4 Å². The van der Waals surface area contributed by atoms with E-state index in [1.807, 2.05) is 0 Å². The van der Waals surface area contributed by atoms with Crippen molar-refractivity contribution in [2.24, 2.45) is 0 Å². The average Bonchev–Trinajstić information content (AvgIpc) is 2.43. The van der Waals surface area contributed by atoms with Gasteiger partial charge in [-0.25, -0.2) is 9.78 Å². The van der Waals surface area contributed by atoms with Crippen LogP contribution >= 0.6 is 0 Å². The number of ether oxygens (including phenoxy) is 3. The monoisotopic (exact) mass is 338 g/mol. The van der Waals surface area contributed by atoms with Crippen LogP contribution in [0.3, 0.4) is 0 Å². The van der Waals surface area contributed by atoms with Crippen molar-refractivity contribution < 1.29 is 23.8 Å². The summed E-state index contributed by atoms with van der Waals surface area (Å²) in [7, 11) is 1.49. The van der Waals surface area contributed by atoms with Gasteiger partial charge in [-0.15, -0.1) is 0 Å². The predicted molar refractivity (Wildman–Crippen MR) is 90.3 cm³/mol. The van der Waals surface area contributed by atoms with Gasteiger partial charge in [0, 0.05) is 17.7 Å². The van der Waals surface area contributed by atoms with E-state index in [-0.39, 0.29) is 12.4 Å². The molecule has 1 aromatic heterocycles. The van der Waals surface area contributed by atoms with E-state index in [0.29, 0.717) is 35.9 Å². The van der Waals surface area contributed by atoms with Gasteiger partial charge in [-0.1, -0.05) is 0 Å². The molecule has 134 valence electrons. The molecule has 0 saturated carbocycles. The molecule has 0 aliphatic heterocycles. The lowest BCUT2D eigenvalue weighted by Gasteiger charge is -2.21. The normalized spacial score (nSPS) is 10.9. The van der Waals surface area contributed by atoms with Crippen LogP contribution in [0, 0.1) is 6.92 Å². The molecule has 0 aromatic carbocycles. The number of rotatable bonds is 6. The van der Waals surface area contributed by atoms with Gasteiger partial charge in [-0.3, -0.25) is 10.1 Å². The molecule has 0 aliphatic rings. The summed E-state index contributed by atoms with van der Waals surface area (Å²) in [4.78, 5) is 27.9. The molecule has 1 aromatic rings. The maximum Gasteiger partial charge on any atom is 0.412 e. The lowest BCUT2D eigenvalue weighted by Crippen LogP contribution is -2.27. The number of carbonyl (C=O) groups excluding carboxylic acids is 2. The van der Waals surface area contributed by atoms with Crippen molar-refractivity contribution in [3.8, 4) is 5.88 Å². The molecular weight excluding hydrogens is 312 g/mol. The first-order valence-corrected chi connectivity index (χ1v) is 7.86. The van der Waals surface area contributed by atoms with Crippen molar-refractivity contribution in [2.45, 2.75) is 53.1 Å². The molecule has 1 N–H and O–H groups in total. The summed E-state index contributed by atoms with van der Waals surface area (Å²) in [5.74, 6) is 0.0497. The number of nitrogens with zero attached hydrogens (tertiary/aromatic N) is 1.